The van der Waals surface area contributed by atoms with Crippen molar-refractivity contribution >= 4 is 0 Å². The van der Waals surface area contributed by atoms with E-state index in [1.165, 1.54) is 19.3 Å². The van der Waals surface area contributed by atoms with Gasteiger partial charge in [-0.2, -0.15) is 0 Å². The number of hydrogen-bond acceptors (Lipinski definition) is 1. The average molecular weight is 198 g/mol. The third kappa shape index (κ3) is 3.83. The SMILES string of the molecule is C=CC(CCCCC)C(O)(CC)CC. The molecule has 1 atom stereocenters. The van der Waals surface area contributed by atoms with Gasteiger partial charge in [-0.05, 0) is 19.3 Å². The predicted molar refractivity (Wildman–Crippen MR) is 63.4 cm³/mol. The van der Waals surface area contributed by atoms with Gasteiger partial charge in [0.1, 0.15) is 0 Å². The summed E-state index contributed by atoms with van der Waals surface area (Å²) in [5.74, 6) is 0.268. The molecular formula is C13H26O. The first-order valence-corrected chi connectivity index (χ1v) is 5.99. The molecule has 1 N–H and O–H groups in total. The molecule has 0 aliphatic heterocycles. The monoisotopic (exact) mass is 198 g/mol. The van der Waals surface area contributed by atoms with Crippen LogP contribution in [0.15, 0.2) is 12.7 Å². The molecule has 0 spiro atoms. The molecule has 0 aromatic carbocycles. The predicted octanol–water partition coefficient (Wildman–Crippen LogP) is 3.92. The molecule has 0 saturated heterocycles. The van der Waals surface area contributed by atoms with Crippen molar-refractivity contribution in [1.29, 1.82) is 0 Å². The average Bonchev–Trinajstić information content (AvgIpc) is 2.23. The van der Waals surface area contributed by atoms with E-state index in [-0.39, 0.29) is 5.92 Å². The van der Waals surface area contributed by atoms with Gasteiger partial charge in [-0.15, -0.1) is 6.58 Å². The Morgan fingerprint density at radius 2 is 1.79 bits per heavy atom. The van der Waals surface area contributed by atoms with Crippen molar-refractivity contribution in [2.24, 2.45) is 5.92 Å². The molecule has 0 heterocycles. The molecule has 0 rings (SSSR count). The van der Waals surface area contributed by atoms with Crippen molar-refractivity contribution in [2.75, 3.05) is 0 Å². The molecular weight excluding hydrogens is 172 g/mol. The van der Waals surface area contributed by atoms with Gasteiger partial charge < -0.3 is 5.11 Å². The van der Waals surface area contributed by atoms with E-state index in [1.807, 2.05) is 6.08 Å². The Morgan fingerprint density at radius 1 is 1.21 bits per heavy atom. The van der Waals surface area contributed by atoms with Gasteiger partial charge in [-0.1, -0.05) is 46.1 Å². The lowest BCUT2D eigenvalue weighted by Crippen LogP contribution is -2.35. The summed E-state index contributed by atoms with van der Waals surface area (Å²) in [6, 6.07) is 0. The standard InChI is InChI=1S/C13H26O/c1-5-9-10-11-12(6-2)13(14,7-3)8-4/h6,12,14H,2,5,7-11H2,1,3-4H3. The summed E-state index contributed by atoms with van der Waals surface area (Å²) in [5.41, 5.74) is -0.518. The van der Waals surface area contributed by atoms with Crippen LogP contribution in [-0.4, -0.2) is 10.7 Å². The lowest BCUT2D eigenvalue weighted by atomic mass is 9.80. The van der Waals surface area contributed by atoms with Crippen LogP contribution in [0.1, 0.15) is 59.3 Å². The molecule has 0 aliphatic rings. The van der Waals surface area contributed by atoms with Crippen LogP contribution in [-0.2, 0) is 0 Å². The van der Waals surface area contributed by atoms with E-state index in [1.54, 1.807) is 0 Å². The maximum Gasteiger partial charge on any atom is 0.0704 e. The van der Waals surface area contributed by atoms with E-state index in [2.05, 4.69) is 27.4 Å². The van der Waals surface area contributed by atoms with Crippen LogP contribution >= 0.6 is 0 Å². The highest BCUT2D eigenvalue weighted by atomic mass is 16.3. The van der Waals surface area contributed by atoms with Gasteiger partial charge in [0.15, 0.2) is 0 Å². The van der Waals surface area contributed by atoms with E-state index in [4.69, 9.17) is 0 Å². The van der Waals surface area contributed by atoms with Crippen LogP contribution in [0.2, 0.25) is 0 Å². The molecule has 1 unspecified atom stereocenters. The lowest BCUT2D eigenvalue weighted by molar-refractivity contribution is -0.0115. The third-order valence-electron chi connectivity index (χ3n) is 3.32. The fraction of sp³-hybridized carbons (Fsp3) is 0.846. The summed E-state index contributed by atoms with van der Waals surface area (Å²) in [6.45, 7) is 10.2. The minimum atomic E-state index is -0.518. The third-order valence-corrected chi connectivity index (χ3v) is 3.32. The molecule has 0 aromatic rings. The van der Waals surface area contributed by atoms with Crippen molar-refractivity contribution in [1.82, 2.24) is 0 Å². The van der Waals surface area contributed by atoms with Crippen LogP contribution in [0.4, 0.5) is 0 Å². The first-order chi connectivity index (χ1) is 6.64. The summed E-state index contributed by atoms with van der Waals surface area (Å²) in [5, 5.41) is 10.3. The molecule has 1 nitrogen and oxygen atoms in total. The zero-order valence-electron chi connectivity index (χ0n) is 10.1. The Hall–Kier alpha value is -0.300. The van der Waals surface area contributed by atoms with Gasteiger partial charge in [-0.3, -0.25) is 0 Å². The second-order valence-electron chi connectivity index (χ2n) is 4.15. The van der Waals surface area contributed by atoms with Crippen molar-refractivity contribution < 1.29 is 5.11 Å². The normalized spacial score (nSPS) is 14.0. The highest BCUT2D eigenvalue weighted by molar-refractivity contribution is 4.94. The van der Waals surface area contributed by atoms with Crippen LogP contribution < -0.4 is 0 Å². The van der Waals surface area contributed by atoms with Crippen molar-refractivity contribution in [2.45, 2.75) is 64.9 Å². The van der Waals surface area contributed by atoms with E-state index in [0.29, 0.717) is 0 Å². The van der Waals surface area contributed by atoms with Crippen LogP contribution in [0.3, 0.4) is 0 Å². The molecule has 14 heavy (non-hydrogen) atoms. The molecule has 0 fully saturated rings. The smallest absolute Gasteiger partial charge is 0.0704 e. The van der Waals surface area contributed by atoms with Gasteiger partial charge in [-0.25, -0.2) is 0 Å². The van der Waals surface area contributed by atoms with Gasteiger partial charge in [0.2, 0.25) is 0 Å². The van der Waals surface area contributed by atoms with Gasteiger partial charge in [0.05, 0.1) is 5.60 Å². The summed E-state index contributed by atoms with van der Waals surface area (Å²) < 4.78 is 0. The van der Waals surface area contributed by atoms with E-state index < -0.39 is 5.60 Å². The minimum absolute atomic E-state index is 0.268. The fourth-order valence-electron chi connectivity index (χ4n) is 1.99. The molecule has 0 amide bonds. The Balaban J connectivity index is 4.15. The second-order valence-corrected chi connectivity index (χ2v) is 4.15. The van der Waals surface area contributed by atoms with E-state index in [9.17, 15) is 5.11 Å². The topological polar surface area (TPSA) is 20.2 Å². The quantitative estimate of drug-likeness (QED) is 0.463. The molecule has 0 aliphatic carbocycles. The maximum atomic E-state index is 10.3. The minimum Gasteiger partial charge on any atom is -0.389 e. The Kier molecular flexibility index (Phi) is 6.90. The number of rotatable bonds is 8. The fourth-order valence-corrected chi connectivity index (χ4v) is 1.99. The highest BCUT2D eigenvalue weighted by Crippen LogP contribution is 2.30. The van der Waals surface area contributed by atoms with Crippen molar-refractivity contribution in [3.63, 3.8) is 0 Å². The number of unbranched alkanes of at least 4 members (excludes halogenated alkanes) is 2. The lowest BCUT2D eigenvalue weighted by Gasteiger charge is -2.32. The van der Waals surface area contributed by atoms with Crippen molar-refractivity contribution in [3.8, 4) is 0 Å². The first-order valence-electron chi connectivity index (χ1n) is 5.99. The Bertz CT molecular complexity index is 147. The molecule has 84 valence electrons. The van der Waals surface area contributed by atoms with Gasteiger partial charge in [0.25, 0.3) is 0 Å². The summed E-state index contributed by atoms with van der Waals surface area (Å²) in [6.07, 6.45) is 8.36. The van der Waals surface area contributed by atoms with Crippen LogP contribution in [0, 0.1) is 5.92 Å². The van der Waals surface area contributed by atoms with Crippen molar-refractivity contribution in [3.05, 3.63) is 12.7 Å². The van der Waals surface area contributed by atoms with Crippen LogP contribution in [0.5, 0.6) is 0 Å². The summed E-state index contributed by atoms with van der Waals surface area (Å²) in [4.78, 5) is 0. The molecule has 0 aromatic heterocycles. The largest absolute Gasteiger partial charge is 0.389 e. The van der Waals surface area contributed by atoms with E-state index in [0.717, 1.165) is 19.3 Å². The van der Waals surface area contributed by atoms with Gasteiger partial charge >= 0.3 is 0 Å². The molecule has 0 saturated carbocycles. The highest BCUT2D eigenvalue weighted by Gasteiger charge is 2.30. The zero-order valence-corrected chi connectivity index (χ0v) is 10.1. The number of hydrogen-bond donors (Lipinski definition) is 1. The Labute approximate surface area is 89.2 Å². The van der Waals surface area contributed by atoms with Crippen LogP contribution in [0.25, 0.3) is 0 Å². The zero-order chi connectivity index (χ0) is 11.0. The molecule has 0 radical (unpaired) electrons. The molecule has 0 bridgehead atoms. The van der Waals surface area contributed by atoms with E-state index >= 15 is 0 Å². The maximum absolute atomic E-state index is 10.3. The van der Waals surface area contributed by atoms with Gasteiger partial charge in [0, 0.05) is 5.92 Å². The second kappa shape index (κ2) is 7.05. The Morgan fingerprint density at radius 3 is 2.14 bits per heavy atom. The number of aliphatic hydroxyl groups is 1. The molecule has 1 heteroatoms. The summed E-state index contributed by atoms with van der Waals surface area (Å²) in [7, 11) is 0. The summed E-state index contributed by atoms with van der Waals surface area (Å²) >= 11 is 0. The first kappa shape index (κ1) is 13.7.